The Morgan fingerprint density at radius 2 is 2.12 bits per heavy atom. The zero-order chi connectivity index (χ0) is 12.1. The largest absolute Gasteiger partial charge is 0.389 e. The van der Waals surface area contributed by atoms with Gasteiger partial charge in [0.1, 0.15) is 5.82 Å². The van der Waals surface area contributed by atoms with Gasteiger partial charge >= 0.3 is 0 Å². The van der Waals surface area contributed by atoms with Crippen LogP contribution >= 0.6 is 11.8 Å². The van der Waals surface area contributed by atoms with Crippen molar-refractivity contribution in [3.63, 3.8) is 0 Å². The summed E-state index contributed by atoms with van der Waals surface area (Å²) in [5, 5.41) is 9.31. The topological polar surface area (TPSA) is 23.5 Å². The van der Waals surface area contributed by atoms with Gasteiger partial charge in [0.15, 0.2) is 0 Å². The van der Waals surface area contributed by atoms with Crippen LogP contribution in [0.2, 0.25) is 0 Å². The quantitative estimate of drug-likeness (QED) is 0.804. The molecule has 0 bridgehead atoms. The van der Waals surface area contributed by atoms with Gasteiger partial charge in [-0.3, -0.25) is 0 Å². The van der Waals surface area contributed by atoms with E-state index in [4.69, 9.17) is 0 Å². The van der Waals surface area contributed by atoms with Gasteiger partial charge in [0.05, 0.1) is 6.10 Å². The van der Waals surface area contributed by atoms with E-state index in [1.807, 2.05) is 14.1 Å². The second-order valence-corrected chi connectivity index (χ2v) is 5.15. The van der Waals surface area contributed by atoms with E-state index in [1.54, 1.807) is 19.1 Å². The van der Waals surface area contributed by atoms with Gasteiger partial charge in [0.25, 0.3) is 0 Å². The molecule has 1 aromatic rings. The van der Waals surface area contributed by atoms with Crippen LogP contribution in [0, 0.1) is 5.82 Å². The summed E-state index contributed by atoms with van der Waals surface area (Å²) < 4.78 is 13.6. The van der Waals surface area contributed by atoms with E-state index in [0.717, 1.165) is 12.3 Å². The third kappa shape index (κ3) is 4.12. The number of aliphatic hydroxyl groups is 1. The molecule has 0 aliphatic heterocycles. The van der Waals surface area contributed by atoms with Crippen LogP contribution in [0.5, 0.6) is 0 Å². The fraction of sp³-hybridized carbons (Fsp3) is 0.500. The number of nitrogens with zero attached hydrogens (tertiary/aromatic N) is 1. The molecule has 0 saturated heterocycles. The van der Waals surface area contributed by atoms with E-state index >= 15 is 0 Å². The van der Waals surface area contributed by atoms with Gasteiger partial charge in [-0.25, -0.2) is 4.39 Å². The van der Waals surface area contributed by atoms with Crippen molar-refractivity contribution in [2.75, 3.05) is 26.4 Å². The average Bonchev–Trinajstić information content (AvgIpc) is 2.19. The normalized spacial score (nSPS) is 13.1. The van der Waals surface area contributed by atoms with Crippen LogP contribution in [0.25, 0.3) is 0 Å². The molecule has 1 rings (SSSR count). The Kier molecular flexibility index (Phi) is 5.25. The Labute approximate surface area is 100 Å². The monoisotopic (exact) mass is 243 g/mol. The van der Waals surface area contributed by atoms with Crippen molar-refractivity contribution in [3.8, 4) is 0 Å². The summed E-state index contributed by atoms with van der Waals surface area (Å²) in [6.45, 7) is 2.55. The highest BCUT2D eigenvalue weighted by molar-refractivity contribution is 7.99. The first-order valence-electron chi connectivity index (χ1n) is 5.25. The molecular weight excluding hydrogens is 225 g/mol. The maximum Gasteiger partial charge on any atom is 0.137 e. The van der Waals surface area contributed by atoms with Crippen molar-refractivity contribution in [2.24, 2.45) is 0 Å². The van der Waals surface area contributed by atoms with Gasteiger partial charge in [0, 0.05) is 17.2 Å². The standard InChI is InChI=1S/C12H18FNOS/c1-9(15)10-4-5-12(11(13)8-10)16-7-6-14(2)3/h4-5,8-9,15H,6-7H2,1-3H3/t9-/m1/s1. The summed E-state index contributed by atoms with van der Waals surface area (Å²) >= 11 is 1.50. The second kappa shape index (κ2) is 6.23. The third-order valence-corrected chi connectivity index (χ3v) is 3.26. The average molecular weight is 243 g/mol. The lowest BCUT2D eigenvalue weighted by molar-refractivity contribution is 0.198. The first kappa shape index (κ1) is 13.5. The molecule has 2 nitrogen and oxygen atoms in total. The van der Waals surface area contributed by atoms with Crippen molar-refractivity contribution < 1.29 is 9.50 Å². The van der Waals surface area contributed by atoms with Crippen LogP contribution in [0.4, 0.5) is 4.39 Å². The maximum absolute atomic E-state index is 13.6. The molecular formula is C12H18FNOS. The highest BCUT2D eigenvalue weighted by Gasteiger charge is 2.07. The molecule has 4 heteroatoms. The Balaban J connectivity index is 2.61. The molecule has 0 fully saturated rings. The Morgan fingerprint density at radius 1 is 1.44 bits per heavy atom. The second-order valence-electron chi connectivity index (χ2n) is 4.02. The van der Waals surface area contributed by atoms with Gasteiger partial charge in [-0.15, -0.1) is 11.8 Å². The fourth-order valence-corrected chi connectivity index (χ4v) is 2.27. The summed E-state index contributed by atoms with van der Waals surface area (Å²) in [4.78, 5) is 2.71. The molecule has 1 N–H and O–H groups in total. The smallest absolute Gasteiger partial charge is 0.137 e. The van der Waals surface area contributed by atoms with Crippen LogP contribution < -0.4 is 0 Å². The van der Waals surface area contributed by atoms with Crippen LogP contribution in [0.3, 0.4) is 0 Å². The number of aliphatic hydroxyl groups excluding tert-OH is 1. The van der Waals surface area contributed by atoms with Gasteiger partial charge in [-0.2, -0.15) is 0 Å². The van der Waals surface area contributed by atoms with Crippen LogP contribution in [0.15, 0.2) is 23.1 Å². The van der Waals surface area contributed by atoms with Crippen LogP contribution in [-0.2, 0) is 0 Å². The number of halogens is 1. The zero-order valence-corrected chi connectivity index (χ0v) is 10.7. The predicted molar refractivity (Wildman–Crippen MR) is 66.3 cm³/mol. The predicted octanol–water partition coefficient (Wildman–Crippen LogP) is 2.53. The van der Waals surface area contributed by atoms with Crippen LogP contribution in [-0.4, -0.2) is 36.4 Å². The van der Waals surface area contributed by atoms with E-state index in [2.05, 4.69) is 4.90 Å². The van der Waals surface area contributed by atoms with Gasteiger partial charge in [0.2, 0.25) is 0 Å². The van der Waals surface area contributed by atoms with E-state index in [0.29, 0.717) is 10.5 Å². The minimum absolute atomic E-state index is 0.248. The number of benzene rings is 1. The first-order chi connectivity index (χ1) is 7.50. The Bertz CT molecular complexity index is 342. The Hall–Kier alpha value is -0.580. The first-order valence-corrected chi connectivity index (χ1v) is 6.24. The minimum atomic E-state index is -0.615. The lowest BCUT2D eigenvalue weighted by Crippen LogP contribution is -2.14. The lowest BCUT2D eigenvalue weighted by Gasteiger charge is -2.10. The number of thioether (sulfide) groups is 1. The number of rotatable bonds is 5. The van der Waals surface area contributed by atoms with Gasteiger partial charge in [-0.1, -0.05) is 6.07 Å². The molecule has 0 aliphatic rings. The molecule has 0 saturated carbocycles. The van der Waals surface area contributed by atoms with Crippen molar-refractivity contribution in [3.05, 3.63) is 29.6 Å². The molecule has 1 atom stereocenters. The Morgan fingerprint density at radius 3 is 2.62 bits per heavy atom. The summed E-state index contributed by atoms with van der Waals surface area (Å²) in [5.74, 6) is 0.611. The molecule has 0 radical (unpaired) electrons. The summed E-state index contributed by atoms with van der Waals surface area (Å²) in [7, 11) is 3.99. The summed E-state index contributed by atoms with van der Waals surface area (Å²) in [6, 6.07) is 4.91. The number of hydrogen-bond acceptors (Lipinski definition) is 3. The van der Waals surface area contributed by atoms with Crippen molar-refractivity contribution in [1.29, 1.82) is 0 Å². The van der Waals surface area contributed by atoms with E-state index in [1.165, 1.54) is 17.8 Å². The van der Waals surface area contributed by atoms with Gasteiger partial charge < -0.3 is 10.0 Å². The molecule has 0 aliphatic carbocycles. The maximum atomic E-state index is 13.6. The molecule has 1 aromatic carbocycles. The lowest BCUT2D eigenvalue weighted by atomic mass is 10.1. The molecule has 0 spiro atoms. The summed E-state index contributed by atoms with van der Waals surface area (Å²) in [5.41, 5.74) is 0.620. The van der Waals surface area contributed by atoms with Crippen molar-refractivity contribution in [1.82, 2.24) is 4.90 Å². The fourth-order valence-electron chi connectivity index (χ4n) is 1.23. The van der Waals surface area contributed by atoms with Gasteiger partial charge in [-0.05, 0) is 38.7 Å². The zero-order valence-electron chi connectivity index (χ0n) is 9.90. The van der Waals surface area contributed by atoms with E-state index in [9.17, 15) is 9.50 Å². The highest BCUT2D eigenvalue weighted by atomic mass is 32.2. The molecule has 0 unspecified atom stereocenters. The summed E-state index contributed by atoms with van der Waals surface area (Å²) in [6.07, 6.45) is -0.615. The van der Waals surface area contributed by atoms with E-state index in [-0.39, 0.29) is 5.82 Å². The molecule has 16 heavy (non-hydrogen) atoms. The van der Waals surface area contributed by atoms with Crippen molar-refractivity contribution >= 4 is 11.8 Å². The minimum Gasteiger partial charge on any atom is -0.389 e. The van der Waals surface area contributed by atoms with E-state index < -0.39 is 6.10 Å². The molecule has 90 valence electrons. The molecule has 0 heterocycles. The highest BCUT2D eigenvalue weighted by Crippen LogP contribution is 2.24. The molecule has 0 amide bonds. The number of hydrogen-bond donors (Lipinski definition) is 1. The SMILES string of the molecule is C[C@@H](O)c1ccc(SCCN(C)C)c(F)c1. The molecule has 0 aromatic heterocycles. The third-order valence-electron chi connectivity index (χ3n) is 2.23. The van der Waals surface area contributed by atoms with Crippen molar-refractivity contribution in [2.45, 2.75) is 17.9 Å². The van der Waals surface area contributed by atoms with Crippen LogP contribution in [0.1, 0.15) is 18.6 Å².